The monoisotopic (exact) mass is 235 g/mol. The van der Waals surface area contributed by atoms with Crippen molar-refractivity contribution in [2.45, 2.75) is 38.1 Å². The maximum atomic E-state index is 12.3. The number of carbonyl (C=O) groups excluding carboxylic acids is 2. The Morgan fingerprint density at radius 2 is 2.12 bits per heavy atom. The molecule has 0 aromatic carbocycles. The Bertz CT molecular complexity index is 382. The van der Waals surface area contributed by atoms with Crippen molar-refractivity contribution in [1.29, 1.82) is 5.26 Å². The molecule has 0 spiro atoms. The molecule has 5 heteroatoms. The van der Waals surface area contributed by atoms with Crippen LogP contribution >= 0.6 is 0 Å². The molecule has 1 aliphatic carbocycles. The van der Waals surface area contributed by atoms with Crippen LogP contribution < -0.4 is 5.32 Å². The lowest BCUT2D eigenvalue weighted by atomic mass is 9.69. The first-order chi connectivity index (χ1) is 8.14. The summed E-state index contributed by atoms with van der Waals surface area (Å²) in [5, 5.41) is 11.7. The normalized spacial score (nSPS) is 25.9. The van der Waals surface area contributed by atoms with Gasteiger partial charge < -0.3 is 10.2 Å². The van der Waals surface area contributed by atoms with Gasteiger partial charge in [0.25, 0.3) is 0 Å². The van der Waals surface area contributed by atoms with E-state index in [1.54, 1.807) is 11.9 Å². The predicted molar refractivity (Wildman–Crippen MR) is 60.7 cm³/mol. The van der Waals surface area contributed by atoms with Crippen molar-refractivity contribution in [2.75, 3.05) is 13.6 Å². The molecule has 17 heavy (non-hydrogen) atoms. The van der Waals surface area contributed by atoms with Gasteiger partial charge in [0.2, 0.25) is 11.8 Å². The molecule has 1 atom stereocenters. The largest absolute Gasteiger partial charge is 0.357 e. The summed E-state index contributed by atoms with van der Waals surface area (Å²) < 4.78 is 0. The second-order valence-electron chi connectivity index (χ2n) is 4.82. The fourth-order valence-electron chi connectivity index (χ4n) is 2.63. The molecule has 2 aliphatic rings. The minimum Gasteiger partial charge on any atom is -0.357 e. The number of likely N-dealkylation sites (tertiary alicyclic amines) is 1. The van der Waals surface area contributed by atoms with Crippen LogP contribution in [0, 0.1) is 16.7 Å². The zero-order valence-electron chi connectivity index (χ0n) is 10.0. The number of hydrogen-bond donors (Lipinski definition) is 1. The van der Waals surface area contributed by atoms with Crippen molar-refractivity contribution >= 4 is 11.8 Å². The Morgan fingerprint density at radius 3 is 2.59 bits per heavy atom. The number of nitrogens with zero attached hydrogens (tertiary/aromatic N) is 2. The summed E-state index contributed by atoms with van der Waals surface area (Å²) in [5.41, 5.74) is -0.837. The van der Waals surface area contributed by atoms with Crippen LogP contribution in [0.2, 0.25) is 0 Å². The Morgan fingerprint density at radius 1 is 1.41 bits per heavy atom. The number of carbonyl (C=O) groups is 2. The van der Waals surface area contributed by atoms with E-state index in [0.717, 1.165) is 12.8 Å². The highest BCUT2D eigenvalue weighted by atomic mass is 16.2. The third-order valence-electron chi connectivity index (χ3n) is 3.89. The minimum absolute atomic E-state index is 0.122. The molecular weight excluding hydrogens is 218 g/mol. The van der Waals surface area contributed by atoms with Gasteiger partial charge >= 0.3 is 0 Å². The van der Waals surface area contributed by atoms with Gasteiger partial charge in [0.15, 0.2) is 0 Å². The van der Waals surface area contributed by atoms with Gasteiger partial charge in [-0.05, 0) is 32.1 Å². The van der Waals surface area contributed by atoms with Gasteiger partial charge in [0.05, 0.1) is 6.07 Å². The van der Waals surface area contributed by atoms with E-state index >= 15 is 0 Å². The zero-order chi connectivity index (χ0) is 12.5. The Labute approximate surface area is 101 Å². The number of hydrogen-bond acceptors (Lipinski definition) is 3. The van der Waals surface area contributed by atoms with E-state index in [9.17, 15) is 9.59 Å². The van der Waals surface area contributed by atoms with Crippen LogP contribution in [0.15, 0.2) is 0 Å². The van der Waals surface area contributed by atoms with Gasteiger partial charge in [-0.2, -0.15) is 5.26 Å². The lowest BCUT2D eigenvalue weighted by Gasteiger charge is -2.38. The predicted octanol–water partition coefficient (Wildman–Crippen LogP) is 0.417. The summed E-state index contributed by atoms with van der Waals surface area (Å²) in [6.45, 7) is 0.598. The molecule has 92 valence electrons. The number of rotatable bonds is 2. The maximum absolute atomic E-state index is 12.3. The molecule has 5 nitrogen and oxygen atoms in total. The molecule has 2 amide bonds. The quantitative estimate of drug-likeness (QED) is 0.753. The third kappa shape index (κ3) is 1.78. The van der Waals surface area contributed by atoms with Gasteiger partial charge in [-0.15, -0.1) is 0 Å². The lowest BCUT2D eigenvalue weighted by molar-refractivity contribution is -0.147. The van der Waals surface area contributed by atoms with E-state index in [0.29, 0.717) is 25.8 Å². The molecule has 0 aromatic heterocycles. The van der Waals surface area contributed by atoms with E-state index in [-0.39, 0.29) is 17.9 Å². The first-order valence-corrected chi connectivity index (χ1v) is 6.08. The average molecular weight is 235 g/mol. The minimum atomic E-state index is -0.837. The third-order valence-corrected chi connectivity index (χ3v) is 3.89. The molecule has 1 saturated carbocycles. The van der Waals surface area contributed by atoms with Crippen LogP contribution in [0.4, 0.5) is 0 Å². The van der Waals surface area contributed by atoms with Crippen molar-refractivity contribution < 1.29 is 9.59 Å². The van der Waals surface area contributed by atoms with Crippen molar-refractivity contribution in [3.05, 3.63) is 0 Å². The summed E-state index contributed by atoms with van der Waals surface area (Å²) in [6.07, 6.45) is 3.74. The smallest absolute Gasteiger partial charge is 0.243 e. The Kier molecular flexibility index (Phi) is 3.05. The Hall–Kier alpha value is -1.57. The SMILES string of the molecule is CNC(=O)C1CCCN1C(=O)C1(C#N)CCC1. The Balaban J connectivity index is 2.14. The standard InChI is InChI=1S/C12H17N3O2/c1-14-10(16)9-4-2-7-15(9)11(17)12(8-13)5-3-6-12/h9H,2-7H2,1H3,(H,14,16). The van der Waals surface area contributed by atoms with Gasteiger partial charge in [0.1, 0.15) is 11.5 Å². The molecule has 1 N–H and O–H groups in total. The summed E-state index contributed by atoms with van der Waals surface area (Å²) in [5.74, 6) is -0.263. The summed E-state index contributed by atoms with van der Waals surface area (Å²) in [4.78, 5) is 25.6. The van der Waals surface area contributed by atoms with Crippen LogP contribution in [-0.4, -0.2) is 36.3 Å². The van der Waals surface area contributed by atoms with Crippen LogP contribution in [0.25, 0.3) is 0 Å². The number of nitriles is 1. The average Bonchev–Trinajstić information content (AvgIpc) is 2.75. The maximum Gasteiger partial charge on any atom is 0.243 e. The second-order valence-corrected chi connectivity index (χ2v) is 4.82. The highest BCUT2D eigenvalue weighted by molar-refractivity contribution is 5.92. The van der Waals surface area contributed by atoms with Gasteiger partial charge in [-0.3, -0.25) is 9.59 Å². The van der Waals surface area contributed by atoms with Gasteiger partial charge in [-0.1, -0.05) is 0 Å². The number of nitrogens with one attached hydrogen (secondary N) is 1. The highest BCUT2D eigenvalue weighted by Crippen LogP contribution is 2.43. The van der Waals surface area contributed by atoms with Gasteiger partial charge in [-0.25, -0.2) is 0 Å². The lowest BCUT2D eigenvalue weighted by Crippen LogP contribution is -2.52. The topological polar surface area (TPSA) is 73.2 Å². The van der Waals surface area contributed by atoms with E-state index in [4.69, 9.17) is 5.26 Å². The first-order valence-electron chi connectivity index (χ1n) is 6.08. The fourth-order valence-corrected chi connectivity index (χ4v) is 2.63. The molecule has 1 unspecified atom stereocenters. The first kappa shape index (κ1) is 11.9. The summed E-state index contributed by atoms with van der Waals surface area (Å²) in [7, 11) is 1.58. The molecule has 0 radical (unpaired) electrons. The molecule has 1 saturated heterocycles. The summed E-state index contributed by atoms with van der Waals surface area (Å²) in [6, 6.07) is 1.77. The molecule has 1 aliphatic heterocycles. The van der Waals surface area contributed by atoms with Crippen LogP contribution in [-0.2, 0) is 9.59 Å². The fraction of sp³-hybridized carbons (Fsp3) is 0.750. The number of amides is 2. The van der Waals surface area contributed by atoms with E-state index in [1.807, 2.05) is 0 Å². The van der Waals surface area contributed by atoms with Crippen molar-refractivity contribution in [3.8, 4) is 6.07 Å². The zero-order valence-corrected chi connectivity index (χ0v) is 10.0. The van der Waals surface area contributed by atoms with Crippen LogP contribution in [0.5, 0.6) is 0 Å². The van der Waals surface area contributed by atoms with E-state index in [2.05, 4.69) is 11.4 Å². The number of likely N-dealkylation sites (N-methyl/N-ethyl adjacent to an activating group) is 1. The molecule has 2 fully saturated rings. The van der Waals surface area contributed by atoms with E-state index < -0.39 is 5.41 Å². The molecule has 1 heterocycles. The van der Waals surface area contributed by atoms with Crippen molar-refractivity contribution in [2.24, 2.45) is 5.41 Å². The molecule has 2 rings (SSSR count). The van der Waals surface area contributed by atoms with Gasteiger partial charge in [0, 0.05) is 13.6 Å². The van der Waals surface area contributed by atoms with Crippen LogP contribution in [0.3, 0.4) is 0 Å². The second kappa shape index (κ2) is 4.36. The molecular formula is C12H17N3O2. The summed E-state index contributed by atoms with van der Waals surface area (Å²) >= 11 is 0. The molecule has 0 aromatic rings. The van der Waals surface area contributed by atoms with Crippen molar-refractivity contribution in [1.82, 2.24) is 10.2 Å². The highest BCUT2D eigenvalue weighted by Gasteiger charge is 2.49. The van der Waals surface area contributed by atoms with Crippen LogP contribution in [0.1, 0.15) is 32.1 Å². The molecule has 0 bridgehead atoms. The van der Waals surface area contributed by atoms with Crippen molar-refractivity contribution in [3.63, 3.8) is 0 Å². The van der Waals surface area contributed by atoms with E-state index in [1.165, 1.54) is 0 Å².